The molecule has 0 bridgehead atoms. The lowest BCUT2D eigenvalue weighted by Gasteiger charge is -2.30. The van der Waals surface area contributed by atoms with Crippen LogP contribution >= 0.6 is 0 Å². The molecule has 1 aliphatic rings. The van der Waals surface area contributed by atoms with Crippen molar-refractivity contribution >= 4 is 17.6 Å². The van der Waals surface area contributed by atoms with Gasteiger partial charge in [-0.05, 0) is 30.5 Å². The maximum absolute atomic E-state index is 12.1. The Labute approximate surface area is 112 Å². The molecule has 2 rings (SSSR count). The van der Waals surface area contributed by atoms with Gasteiger partial charge < -0.3 is 15.7 Å². The molecule has 0 aromatic heterocycles. The van der Waals surface area contributed by atoms with Crippen LogP contribution in [-0.4, -0.2) is 35.0 Å². The summed E-state index contributed by atoms with van der Waals surface area (Å²) in [4.78, 5) is 24.7. The zero-order valence-electron chi connectivity index (χ0n) is 10.7. The van der Waals surface area contributed by atoms with E-state index in [9.17, 15) is 9.59 Å². The van der Waals surface area contributed by atoms with E-state index in [1.165, 1.54) is 0 Å². The van der Waals surface area contributed by atoms with Crippen LogP contribution in [0.5, 0.6) is 0 Å². The third kappa shape index (κ3) is 3.47. The molecule has 0 saturated carbocycles. The molecule has 0 atom stereocenters. The van der Waals surface area contributed by atoms with Gasteiger partial charge in [0.15, 0.2) is 0 Å². The number of benzene rings is 1. The molecule has 19 heavy (non-hydrogen) atoms. The summed E-state index contributed by atoms with van der Waals surface area (Å²) in [7, 11) is 0. The second-order valence-corrected chi connectivity index (χ2v) is 4.91. The summed E-state index contributed by atoms with van der Waals surface area (Å²) in [5.74, 6) is -1.01. The van der Waals surface area contributed by atoms with Gasteiger partial charge in [0.05, 0.1) is 12.3 Å². The van der Waals surface area contributed by atoms with Crippen LogP contribution in [0.3, 0.4) is 0 Å². The zero-order valence-corrected chi connectivity index (χ0v) is 10.7. The van der Waals surface area contributed by atoms with Crippen molar-refractivity contribution in [3.63, 3.8) is 0 Å². The summed E-state index contributed by atoms with van der Waals surface area (Å²) in [6.45, 7) is 1.07. The number of nitrogen functional groups attached to an aromatic ring is 1. The number of carbonyl (C=O) groups excluding carboxylic acids is 1. The third-order valence-electron chi connectivity index (χ3n) is 3.53. The van der Waals surface area contributed by atoms with Crippen LogP contribution in [0, 0.1) is 5.92 Å². The van der Waals surface area contributed by atoms with E-state index in [4.69, 9.17) is 10.8 Å². The Morgan fingerprint density at radius 2 is 1.79 bits per heavy atom. The Morgan fingerprint density at radius 1 is 1.21 bits per heavy atom. The van der Waals surface area contributed by atoms with Crippen LogP contribution in [0.25, 0.3) is 0 Å². The van der Waals surface area contributed by atoms with Crippen molar-refractivity contribution in [1.82, 2.24) is 4.90 Å². The number of nitrogens with zero attached hydrogens (tertiary/aromatic N) is 1. The highest BCUT2D eigenvalue weighted by molar-refractivity contribution is 5.79. The molecule has 1 aromatic carbocycles. The highest BCUT2D eigenvalue weighted by Crippen LogP contribution is 2.18. The van der Waals surface area contributed by atoms with Crippen LogP contribution in [0.4, 0.5) is 5.69 Å². The fourth-order valence-corrected chi connectivity index (χ4v) is 2.30. The third-order valence-corrected chi connectivity index (χ3v) is 3.53. The Morgan fingerprint density at radius 3 is 2.32 bits per heavy atom. The summed E-state index contributed by atoms with van der Waals surface area (Å²) in [6.07, 6.45) is 1.43. The quantitative estimate of drug-likeness (QED) is 0.800. The lowest BCUT2D eigenvalue weighted by atomic mass is 9.96. The number of carboxylic acid groups (broad SMARTS) is 1. The van der Waals surface area contributed by atoms with Gasteiger partial charge in [-0.3, -0.25) is 9.59 Å². The maximum Gasteiger partial charge on any atom is 0.306 e. The van der Waals surface area contributed by atoms with E-state index in [2.05, 4.69) is 0 Å². The highest BCUT2D eigenvalue weighted by Gasteiger charge is 2.26. The molecule has 0 spiro atoms. The van der Waals surface area contributed by atoms with Crippen molar-refractivity contribution in [1.29, 1.82) is 0 Å². The average Bonchev–Trinajstić information content (AvgIpc) is 2.41. The number of piperidine rings is 1. The molecule has 1 aliphatic heterocycles. The van der Waals surface area contributed by atoms with E-state index < -0.39 is 5.97 Å². The van der Waals surface area contributed by atoms with Crippen molar-refractivity contribution in [3.8, 4) is 0 Å². The summed E-state index contributed by atoms with van der Waals surface area (Å²) >= 11 is 0. The highest BCUT2D eigenvalue weighted by atomic mass is 16.4. The van der Waals surface area contributed by atoms with Crippen molar-refractivity contribution < 1.29 is 14.7 Å². The number of likely N-dealkylation sites (tertiary alicyclic amines) is 1. The summed E-state index contributed by atoms with van der Waals surface area (Å²) in [5, 5.41) is 8.91. The lowest BCUT2D eigenvalue weighted by molar-refractivity contribution is -0.145. The monoisotopic (exact) mass is 262 g/mol. The van der Waals surface area contributed by atoms with Gasteiger partial charge >= 0.3 is 5.97 Å². The molecule has 1 fully saturated rings. The molecule has 0 unspecified atom stereocenters. The Balaban J connectivity index is 1.88. The standard InChI is InChI=1S/C14H18N2O3/c15-12-3-1-10(2-4-12)9-13(17)16-7-5-11(6-8-16)14(18)19/h1-4,11H,5-9,15H2,(H,18,19). The van der Waals surface area contributed by atoms with Gasteiger partial charge in [-0.2, -0.15) is 0 Å². The molecule has 3 N–H and O–H groups in total. The van der Waals surface area contributed by atoms with Gasteiger partial charge in [-0.25, -0.2) is 0 Å². The summed E-state index contributed by atoms with van der Waals surface area (Å²) < 4.78 is 0. The Bertz CT molecular complexity index is 462. The molecule has 1 aromatic rings. The van der Waals surface area contributed by atoms with Crippen molar-refractivity contribution in [2.24, 2.45) is 5.92 Å². The minimum atomic E-state index is -0.759. The number of aliphatic carboxylic acids is 1. The SMILES string of the molecule is Nc1ccc(CC(=O)N2CCC(C(=O)O)CC2)cc1. The number of nitrogens with two attached hydrogens (primary N) is 1. The van der Waals surface area contributed by atoms with E-state index in [-0.39, 0.29) is 11.8 Å². The van der Waals surface area contributed by atoms with Crippen molar-refractivity contribution in [2.45, 2.75) is 19.3 Å². The molecular weight excluding hydrogens is 244 g/mol. The van der Waals surface area contributed by atoms with Crippen molar-refractivity contribution in [2.75, 3.05) is 18.8 Å². The molecule has 5 nitrogen and oxygen atoms in total. The Hall–Kier alpha value is -2.04. The van der Waals surface area contributed by atoms with E-state index in [0.29, 0.717) is 38.0 Å². The number of hydrogen-bond donors (Lipinski definition) is 2. The number of amides is 1. The maximum atomic E-state index is 12.1. The minimum Gasteiger partial charge on any atom is -0.481 e. The Kier molecular flexibility index (Phi) is 4.04. The van der Waals surface area contributed by atoms with Crippen LogP contribution in [0.15, 0.2) is 24.3 Å². The number of hydrogen-bond acceptors (Lipinski definition) is 3. The first-order valence-corrected chi connectivity index (χ1v) is 6.41. The van der Waals surface area contributed by atoms with Gasteiger partial charge in [0, 0.05) is 18.8 Å². The van der Waals surface area contributed by atoms with Crippen LogP contribution in [0.2, 0.25) is 0 Å². The largest absolute Gasteiger partial charge is 0.481 e. The van der Waals surface area contributed by atoms with Gasteiger partial charge in [0.25, 0.3) is 0 Å². The number of anilines is 1. The van der Waals surface area contributed by atoms with Gasteiger partial charge in [0.1, 0.15) is 0 Å². The second-order valence-electron chi connectivity index (χ2n) is 4.91. The average molecular weight is 262 g/mol. The van der Waals surface area contributed by atoms with Crippen molar-refractivity contribution in [3.05, 3.63) is 29.8 Å². The van der Waals surface area contributed by atoms with Gasteiger partial charge in [-0.15, -0.1) is 0 Å². The van der Waals surface area contributed by atoms with Crippen LogP contribution in [-0.2, 0) is 16.0 Å². The second kappa shape index (κ2) is 5.73. The van der Waals surface area contributed by atoms with Gasteiger partial charge in [0.2, 0.25) is 5.91 Å². The minimum absolute atomic E-state index is 0.0496. The first-order chi connectivity index (χ1) is 9.06. The number of carboxylic acids is 1. The van der Waals surface area contributed by atoms with E-state index in [1.807, 2.05) is 12.1 Å². The van der Waals surface area contributed by atoms with E-state index in [0.717, 1.165) is 5.56 Å². The molecule has 5 heteroatoms. The summed E-state index contributed by atoms with van der Waals surface area (Å²) in [6, 6.07) is 7.24. The predicted octanol–water partition coefficient (Wildman–Crippen LogP) is 1.13. The smallest absolute Gasteiger partial charge is 0.306 e. The molecule has 102 valence electrons. The molecule has 1 amide bonds. The van der Waals surface area contributed by atoms with Crippen LogP contribution in [0.1, 0.15) is 18.4 Å². The topological polar surface area (TPSA) is 83.6 Å². The molecule has 0 radical (unpaired) electrons. The van der Waals surface area contributed by atoms with E-state index >= 15 is 0 Å². The number of rotatable bonds is 3. The molecular formula is C14H18N2O3. The molecule has 0 aliphatic carbocycles. The fraction of sp³-hybridized carbons (Fsp3) is 0.429. The predicted molar refractivity (Wildman–Crippen MR) is 71.5 cm³/mol. The van der Waals surface area contributed by atoms with E-state index in [1.54, 1.807) is 17.0 Å². The normalized spacial score (nSPS) is 16.3. The fourth-order valence-electron chi connectivity index (χ4n) is 2.30. The van der Waals surface area contributed by atoms with Gasteiger partial charge in [-0.1, -0.05) is 12.1 Å². The number of carbonyl (C=O) groups is 2. The lowest BCUT2D eigenvalue weighted by Crippen LogP contribution is -2.40. The molecule has 1 heterocycles. The van der Waals surface area contributed by atoms with Crippen LogP contribution < -0.4 is 5.73 Å². The summed E-state index contributed by atoms with van der Waals surface area (Å²) in [5.41, 5.74) is 7.20. The first kappa shape index (κ1) is 13.4. The molecule has 1 saturated heterocycles. The first-order valence-electron chi connectivity index (χ1n) is 6.41. The zero-order chi connectivity index (χ0) is 13.8.